The molecule has 0 saturated heterocycles. The number of nitrogens with two attached hydrogens (primary N) is 1. The highest BCUT2D eigenvalue weighted by atomic mass is 32.2. The van der Waals surface area contributed by atoms with Crippen molar-refractivity contribution in [3.05, 3.63) is 0 Å². The van der Waals surface area contributed by atoms with Crippen LogP contribution < -0.4 is 10.6 Å². The van der Waals surface area contributed by atoms with Crippen molar-refractivity contribution < 1.29 is 8.42 Å². The number of nitrogens with zero attached hydrogens (tertiary/aromatic N) is 2. The number of sulfonamides is 1. The maximum Gasteiger partial charge on any atom is 0.282 e. The van der Waals surface area contributed by atoms with Crippen molar-refractivity contribution in [2.45, 2.75) is 0 Å². The van der Waals surface area contributed by atoms with E-state index in [1.54, 1.807) is 0 Å². The third-order valence-electron chi connectivity index (χ3n) is 0.388. The summed E-state index contributed by atoms with van der Waals surface area (Å²) >= 11 is 0. The lowest BCUT2D eigenvalue weighted by molar-refractivity contribution is 0.603. The summed E-state index contributed by atoms with van der Waals surface area (Å²) < 4.78 is 22.0. The number of hydrogen-bond donors (Lipinski definition) is 2. The first-order valence-corrected chi connectivity index (χ1v) is 3.31. The monoisotopic (exact) mass is 148 g/mol. The van der Waals surface area contributed by atoms with Gasteiger partial charge in [0.25, 0.3) is 10.0 Å². The number of hydrazone groups is 1. The van der Waals surface area contributed by atoms with E-state index < -0.39 is 10.0 Å². The molecule has 0 unspecified atom stereocenters. The molecule has 0 heterocycles. The van der Waals surface area contributed by atoms with Crippen LogP contribution in [0.4, 0.5) is 0 Å². The molecule has 0 atom stereocenters. The standard InChI is InChI=1S/C2H4N4O2S/c3-1-6-9(7,8)2-5-4/h2,6H,4H2. The highest BCUT2D eigenvalue weighted by Gasteiger charge is 2.00. The molecule has 0 aromatic heterocycles. The summed E-state index contributed by atoms with van der Waals surface area (Å²) in [6.07, 6.45) is 1.21. The highest BCUT2D eigenvalue weighted by Crippen LogP contribution is 1.71. The minimum absolute atomic E-state index is 0.441. The van der Waals surface area contributed by atoms with Gasteiger partial charge in [0.2, 0.25) is 0 Å². The lowest BCUT2D eigenvalue weighted by Gasteiger charge is -1.86. The molecule has 0 aliphatic carbocycles. The van der Waals surface area contributed by atoms with Gasteiger partial charge in [-0.05, 0) is 0 Å². The Balaban J connectivity index is 4.28. The van der Waals surface area contributed by atoms with Crippen LogP contribution >= 0.6 is 0 Å². The predicted octanol–water partition coefficient (Wildman–Crippen LogP) is -1.71. The van der Waals surface area contributed by atoms with Crippen LogP contribution in [0.25, 0.3) is 0 Å². The van der Waals surface area contributed by atoms with Crippen LogP contribution in [0, 0.1) is 11.5 Å². The lowest BCUT2D eigenvalue weighted by Crippen LogP contribution is -2.19. The molecule has 3 N–H and O–H groups in total. The fourth-order valence-corrected chi connectivity index (χ4v) is 0.510. The van der Waals surface area contributed by atoms with Crippen molar-refractivity contribution in [3.63, 3.8) is 0 Å². The molecule has 9 heavy (non-hydrogen) atoms. The number of nitrogens with one attached hydrogen (secondary N) is 1. The minimum atomic E-state index is -3.71. The van der Waals surface area contributed by atoms with E-state index in [9.17, 15) is 8.42 Å². The molecule has 0 radical (unpaired) electrons. The van der Waals surface area contributed by atoms with Gasteiger partial charge in [0.15, 0.2) is 11.7 Å². The molecule has 6 nitrogen and oxygen atoms in total. The summed E-state index contributed by atoms with van der Waals surface area (Å²) in [5, 5.41) is 10.5. The molecular weight excluding hydrogens is 144 g/mol. The highest BCUT2D eigenvalue weighted by molar-refractivity contribution is 8.02. The van der Waals surface area contributed by atoms with Crippen molar-refractivity contribution in [1.82, 2.24) is 4.72 Å². The topological polar surface area (TPSA) is 108 Å². The fourth-order valence-electron chi connectivity index (χ4n) is 0.170. The summed E-state index contributed by atoms with van der Waals surface area (Å²) in [5.74, 6) is 4.49. The Hall–Kier alpha value is -1.29. The smallest absolute Gasteiger partial charge is 0.282 e. The quantitative estimate of drug-likeness (QED) is 0.121. The van der Waals surface area contributed by atoms with Gasteiger partial charge in [-0.2, -0.15) is 18.8 Å². The van der Waals surface area contributed by atoms with Crippen LogP contribution in [0.2, 0.25) is 0 Å². The van der Waals surface area contributed by atoms with Crippen LogP contribution in [-0.2, 0) is 10.0 Å². The van der Waals surface area contributed by atoms with Gasteiger partial charge in [-0.1, -0.05) is 0 Å². The van der Waals surface area contributed by atoms with Gasteiger partial charge in [0, 0.05) is 0 Å². The van der Waals surface area contributed by atoms with Crippen molar-refractivity contribution in [1.29, 1.82) is 5.26 Å². The number of hydrogen-bond acceptors (Lipinski definition) is 5. The van der Waals surface area contributed by atoms with Crippen LogP contribution in [0.1, 0.15) is 0 Å². The fraction of sp³-hybridized carbons (Fsp3) is 0. The molecule has 0 bridgehead atoms. The third kappa shape index (κ3) is 3.31. The average molecular weight is 148 g/mol. The van der Waals surface area contributed by atoms with Crippen LogP contribution in [0.5, 0.6) is 0 Å². The zero-order chi connectivity index (χ0) is 7.33. The Morgan fingerprint density at radius 1 is 1.78 bits per heavy atom. The molecule has 0 amide bonds. The van der Waals surface area contributed by atoms with E-state index in [-0.39, 0.29) is 0 Å². The largest absolute Gasteiger partial charge is 0.323 e. The van der Waals surface area contributed by atoms with Gasteiger partial charge in [-0.15, -0.1) is 0 Å². The van der Waals surface area contributed by atoms with Crippen molar-refractivity contribution >= 4 is 15.6 Å². The van der Waals surface area contributed by atoms with Gasteiger partial charge in [-0.3, -0.25) is 0 Å². The Morgan fingerprint density at radius 3 is 2.67 bits per heavy atom. The maximum absolute atomic E-state index is 10.3. The van der Waals surface area contributed by atoms with Gasteiger partial charge in [0.1, 0.15) is 0 Å². The minimum Gasteiger partial charge on any atom is -0.323 e. The van der Waals surface area contributed by atoms with Crippen LogP contribution in [0.3, 0.4) is 0 Å². The lowest BCUT2D eigenvalue weighted by atomic mass is 11.5. The molecule has 0 aliphatic heterocycles. The molecule has 0 rings (SSSR count). The first-order chi connectivity index (χ1) is 4.12. The second-order valence-corrected chi connectivity index (χ2v) is 2.52. The average Bonchev–Trinajstić information content (AvgIpc) is 1.64. The Labute approximate surface area is 52.0 Å². The van der Waals surface area contributed by atoms with Crippen molar-refractivity contribution in [2.75, 3.05) is 0 Å². The van der Waals surface area contributed by atoms with Gasteiger partial charge in [-0.25, -0.2) is 4.72 Å². The van der Waals surface area contributed by atoms with E-state index in [1.807, 2.05) is 0 Å². The molecule has 0 spiro atoms. The molecule has 0 aromatic rings. The molecule has 0 aromatic carbocycles. The molecule has 0 saturated carbocycles. The van der Waals surface area contributed by atoms with Gasteiger partial charge >= 0.3 is 0 Å². The van der Waals surface area contributed by atoms with E-state index >= 15 is 0 Å². The maximum atomic E-state index is 10.3. The second kappa shape index (κ2) is 2.88. The molecule has 0 aliphatic rings. The third-order valence-corrected chi connectivity index (χ3v) is 1.16. The SMILES string of the molecule is N#CNS(=O)(=O)C=NN. The Morgan fingerprint density at radius 2 is 2.33 bits per heavy atom. The molecule has 0 fully saturated rings. The predicted molar refractivity (Wildman–Crippen MR) is 30.3 cm³/mol. The number of rotatable bonds is 2. The summed E-state index contributed by atoms with van der Waals surface area (Å²) in [5.41, 5.74) is 0.441. The molecule has 7 heteroatoms. The van der Waals surface area contributed by atoms with Crippen LogP contribution in [0.15, 0.2) is 5.10 Å². The van der Waals surface area contributed by atoms with Gasteiger partial charge < -0.3 is 5.84 Å². The van der Waals surface area contributed by atoms with Crippen molar-refractivity contribution in [2.24, 2.45) is 10.9 Å². The summed E-state index contributed by atoms with van der Waals surface area (Å²) in [6.45, 7) is 0. The van der Waals surface area contributed by atoms with Crippen LogP contribution in [-0.4, -0.2) is 14.0 Å². The zero-order valence-electron chi connectivity index (χ0n) is 4.27. The van der Waals surface area contributed by atoms with E-state index in [0.717, 1.165) is 0 Å². The second-order valence-electron chi connectivity index (χ2n) is 1.01. The normalized spacial score (nSPS) is 11.0. The van der Waals surface area contributed by atoms with Gasteiger partial charge in [0.05, 0.1) is 0 Å². The summed E-state index contributed by atoms with van der Waals surface area (Å²) in [6, 6.07) is 0. The Bertz CT molecular complexity index is 234. The molecular formula is C2H4N4O2S. The summed E-state index contributed by atoms with van der Waals surface area (Å²) in [4.78, 5) is 0. The molecule has 50 valence electrons. The van der Waals surface area contributed by atoms with E-state index in [0.29, 0.717) is 5.55 Å². The first-order valence-electron chi connectivity index (χ1n) is 1.76. The zero-order valence-corrected chi connectivity index (χ0v) is 5.09. The van der Waals surface area contributed by atoms with E-state index in [4.69, 9.17) is 5.26 Å². The first kappa shape index (κ1) is 7.71. The van der Waals surface area contributed by atoms with E-state index in [2.05, 4.69) is 10.9 Å². The number of nitriles is 1. The summed E-state index contributed by atoms with van der Waals surface area (Å²) in [7, 11) is -3.71. The van der Waals surface area contributed by atoms with Crippen molar-refractivity contribution in [3.8, 4) is 6.19 Å². The van der Waals surface area contributed by atoms with E-state index in [1.165, 1.54) is 10.9 Å². The Kier molecular flexibility index (Phi) is 2.47.